The van der Waals surface area contributed by atoms with Crippen LogP contribution in [0.2, 0.25) is 0 Å². The van der Waals surface area contributed by atoms with Crippen molar-refractivity contribution in [2.24, 2.45) is 5.73 Å². The summed E-state index contributed by atoms with van der Waals surface area (Å²) in [6.07, 6.45) is 1.83. The van der Waals surface area contributed by atoms with Crippen LogP contribution in [0.3, 0.4) is 0 Å². The van der Waals surface area contributed by atoms with Gasteiger partial charge in [-0.05, 0) is 24.1 Å². The third kappa shape index (κ3) is 9.06. The van der Waals surface area contributed by atoms with Crippen LogP contribution in [0.1, 0.15) is 24.1 Å². The molecule has 3 amide bonds. The quantitative estimate of drug-likeness (QED) is 0.144. The fraction of sp³-hybridized carbons (Fsp3) is 0.364. The number of amides is 3. The smallest absolute Gasteiger partial charge is 0.326 e. The topological polar surface area (TPSA) is 237 Å². The lowest BCUT2D eigenvalue weighted by Gasteiger charge is -2.24. The summed E-state index contributed by atoms with van der Waals surface area (Å²) in [4.78, 5) is 67.2. The molecule has 0 saturated carbocycles. The number of carboxylic acids is 2. The van der Waals surface area contributed by atoms with Crippen molar-refractivity contribution in [3.63, 3.8) is 0 Å². The minimum Gasteiger partial charge on any atom is -0.508 e. The number of aliphatic carboxylic acids is 2. The van der Waals surface area contributed by atoms with Gasteiger partial charge in [-0.1, -0.05) is 12.1 Å². The molecule has 36 heavy (non-hydrogen) atoms. The Labute approximate surface area is 205 Å². The second-order valence-electron chi connectivity index (χ2n) is 7.87. The number of carbonyl (C=O) groups excluding carboxylic acids is 3. The molecule has 0 fully saturated rings. The van der Waals surface area contributed by atoms with Gasteiger partial charge in [-0.25, -0.2) is 9.78 Å². The first kappa shape index (κ1) is 27.8. The summed E-state index contributed by atoms with van der Waals surface area (Å²) in [6, 6.07) is 1.72. The maximum absolute atomic E-state index is 13.0. The average molecular weight is 505 g/mol. The van der Waals surface area contributed by atoms with Crippen molar-refractivity contribution in [3.05, 3.63) is 48.0 Å². The zero-order valence-electron chi connectivity index (χ0n) is 19.1. The maximum atomic E-state index is 13.0. The number of aromatic amines is 1. The van der Waals surface area contributed by atoms with Crippen molar-refractivity contribution in [1.29, 1.82) is 0 Å². The number of benzene rings is 1. The number of aromatic nitrogens is 2. The number of hydrogen-bond acceptors (Lipinski definition) is 8. The minimum absolute atomic E-state index is 0.0162. The SMILES string of the molecule is NCC(=O)NC(Cc1cnc[nH]1)C(=O)NC(CCC(=O)O)C(=O)NC(Cc1ccc(O)cc1)C(=O)O. The Hall–Kier alpha value is -4.46. The molecule has 9 N–H and O–H groups in total. The van der Waals surface area contributed by atoms with Crippen LogP contribution in [0.4, 0.5) is 0 Å². The summed E-state index contributed by atoms with van der Waals surface area (Å²) < 4.78 is 0. The maximum Gasteiger partial charge on any atom is 0.326 e. The monoisotopic (exact) mass is 504 g/mol. The molecule has 0 aliphatic rings. The van der Waals surface area contributed by atoms with Gasteiger partial charge in [0.25, 0.3) is 0 Å². The van der Waals surface area contributed by atoms with Gasteiger partial charge in [-0.3, -0.25) is 19.2 Å². The molecule has 0 aliphatic heterocycles. The number of nitrogens with one attached hydrogen (secondary N) is 4. The molecule has 0 radical (unpaired) electrons. The highest BCUT2D eigenvalue weighted by molar-refractivity contribution is 5.94. The third-order valence-corrected chi connectivity index (χ3v) is 5.09. The third-order valence-electron chi connectivity index (χ3n) is 5.09. The molecule has 14 heteroatoms. The van der Waals surface area contributed by atoms with Crippen molar-refractivity contribution in [1.82, 2.24) is 25.9 Å². The first-order valence-corrected chi connectivity index (χ1v) is 10.9. The van der Waals surface area contributed by atoms with Crippen molar-refractivity contribution < 1.29 is 39.3 Å². The van der Waals surface area contributed by atoms with E-state index in [0.717, 1.165) is 0 Å². The second-order valence-corrected chi connectivity index (χ2v) is 7.87. The summed E-state index contributed by atoms with van der Waals surface area (Å²) in [5.74, 6) is -4.96. The Morgan fingerprint density at radius 1 is 0.917 bits per heavy atom. The summed E-state index contributed by atoms with van der Waals surface area (Å²) >= 11 is 0. The van der Waals surface area contributed by atoms with Crippen LogP contribution in [0.25, 0.3) is 0 Å². The van der Waals surface area contributed by atoms with Crippen LogP contribution >= 0.6 is 0 Å². The fourth-order valence-electron chi connectivity index (χ4n) is 3.23. The van der Waals surface area contributed by atoms with Gasteiger partial charge < -0.3 is 42.0 Å². The lowest BCUT2D eigenvalue weighted by atomic mass is 10.0. The van der Waals surface area contributed by atoms with Gasteiger partial charge in [0.05, 0.1) is 12.9 Å². The Bertz CT molecular complexity index is 1060. The molecule has 0 aliphatic carbocycles. The number of carbonyl (C=O) groups is 5. The van der Waals surface area contributed by atoms with E-state index in [4.69, 9.17) is 10.8 Å². The van der Waals surface area contributed by atoms with E-state index in [0.29, 0.717) is 11.3 Å². The number of rotatable bonds is 14. The lowest BCUT2D eigenvalue weighted by Crippen LogP contribution is -2.57. The number of phenols is 1. The molecular weight excluding hydrogens is 476 g/mol. The van der Waals surface area contributed by atoms with Crippen LogP contribution < -0.4 is 21.7 Å². The molecule has 3 atom stereocenters. The van der Waals surface area contributed by atoms with Gasteiger partial charge in [0.15, 0.2) is 0 Å². The number of imidazole rings is 1. The molecule has 2 rings (SSSR count). The highest BCUT2D eigenvalue weighted by Crippen LogP contribution is 2.12. The zero-order chi connectivity index (χ0) is 26.7. The van der Waals surface area contributed by atoms with Gasteiger partial charge in [0.2, 0.25) is 17.7 Å². The predicted molar refractivity (Wildman–Crippen MR) is 123 cm³/mol. The average Bonchev–Trinajstić information content (AvgIpc) is 3.34. The fourth-order valence-corrected chi connectivity index (χ4v) is 3.23. The number of carboxylic acid groups (broad SMARTS) is 2. The van der Waals surface area contributed by atoms with Gasteiger partial charge >= 0.3 is 11.9 Å². The molecule has 3 unspecified atom stereocenters. The number of nitrogens with two attached hydrogens (primary N) is 1. The molecule has 0 saturated heterocycles. The first-order chi connectivity index (χ1) is 17.1. The van der Waals surface area contributed by atoms with Crippen molar-refractivity contribution in [2.45, 2.75) is 43.8 Å². The van der Waals surface area contributed by atoms with Crippen LogP contribution in [0.5, 0.6) is 5.75 Å². The Kier molecular flexibility index (Phi) is 10.4. The largest absolute Gasteiger partial charge is 0.508 e. The number of aromatic hydroxyl groups is 1. The van der Waals surface area contributed by atoms with Crippen molar-refractivity contribution in [2.75, 3.05) is 6.54 Å². The normalized spacial score (nSPS) is 13.1. The van der Waals surface area contributed by atoms with E-state index in [1.54, 1.807) is 0 Å². The van der Waals surface area contributed by atoms with Gasteiger partial charge in [0, 0.05) is 31.2 Å². The Morgan fingerprint density at radius 2 is 1.56 bits per heavy atom. The zero-order valence-corrected chi connectivity index (χ0v) is 19.1. The van der Waals surface area contributed by atoms with Crippen LogP contribution in [0.15, 0.2) is 36.8 Å². The Balaban J connectivity index is 2.17. The first-order valence-electron chi connectivity index (χ1n) is 10.9. The van der Waals surface area contributed by atoms with Crippen LogP contribution in [-0.2, 0) is 36.8 Å². The number of phenolic OH excluding ortho intramolecular Hbond substituents is 1. The molecule has 14 nitrogen and oxygen atoms in total. The van der Waals surface area contributed by atoms with E-state index in [-0.39, 0.29) is 25.0 Å². The van der Waals surface area contributed by atoms with E-state index in [2.05, 4.69) is 25.9 Å². The summed E-state index contributed by atoms with van der Waals surface area (Å²) in [5, 5.41) is 35.1. The standard InChI is InChI=1S/C22H28N6O8/c23-9-18(30)26-16(8-13-10-24-11-25-13)21(34)27-15(5-6-19(31)32)20(33)28-17(22(35)36)7-12-1-3-14(29)4-2-12/h1-4,10-11,15-17,29H,5-9,23H2,(H,24,25)(H,26,30)(H,27,34)(H,28,33)(H,31,32)(H,35,36). The Morgan fingerprint density at radius 3 is 2.11 bits per heavy atom. The number of hydrogen-bond donors (Lipinski definition) is 8. The minimum atomic E-state index is -1.41. The molecule has 1 heterocycles. The molecule has 0 bridgehead atoms. The summed E-state index contributed by atoms with van der Waals surface area (Å²) in [6.45, 7) is -0.396. The molecular formula is C22H28N6O8. The van der Waals surface area contributed by atoms with E-state index >= 15 is 0 Å². The second kappa shape index (κ2) is 13.4. The lowest BCUT2D eigenvalue weighted by molar-refractivity contribution is -0.143. The predicted octanol–water partition coefficient (Wildman–Crippen LogP) is -1.74. The van der Waals surface area contributed by atoms with Crippen LogP contribution in [0, 0.1) is 0 Å². The van der Waals surface area contributed by atoms with Gasteiger partial charge in [-0.2, -0.15) is 0 Å². The summed E-state index contributed by atoms with van der Waals surface area (Å²) in [7, 11) is 0. The number of nitrogens with zero attached hydrogens (tertiary/aromatic N) is 1. The molecule has 1 aromatic carbocycles. The van der Waals surface area contributed by atoms with Crippen molar-refractivity contribution >= 4 is 29.7 Å². The highest BCUT2D eigenvalue weighted by Gasteiger charge is 2.30. The van der Waals surface area contributed by atoms with Gasteiger partial charge in [0.1, 0.15) is 23.9 Å². The van der Waals surface area contributed by atoms with Gasteiger partial charge in [-0.15, -0.1) is 0 Å². The molecule has 0 spiro atoms. The van der Waals surface area contributed by atoms with E-state index in [1.165, 1.54) is 36.8 Å². The highest BCUT2D eigenvalue weighted by atomic mass is 16.4. The van der Waals surface area contributed by atoms with E-state index in [1.807, 2.05) is 0 Å². The van der Waals surface area contributed by atoms with Crippen molar-refractivity contribution in [3.8, 4) is 5.75 Å². The van der Waals surface area contributed by atoms with E-state index in [9.17, 15) is 34.2 Å². The number of H-pyrrole nitrogens is 1. The van der Waals surface area contributed by atoms with E-state index < -0.39 is 60.8 Å². The molecule has 194 valence electrons. The van der Waals surface area contributed by atoms with Crippen LogP contribution in [-0.4, -0.2) is 79.6 Å². The summed E-state index contributed by atoms with van der Waals surface area (Å²) in [5.41, 5.74) is 6.33. The molecule has 2 aromatic rings. The molecule has 1 aromatic heterocycles.